The molecule has 1 fully saturated rings. The molecule has 26 heavy (non-hydrogen) atoms. The monoisotopic (exact) mass is 397 g/mol. The lowest BCUT2D eigenvalue weighted by Crippen LogP contribution is -2.47. The molecule has 0 aliphatic carbocycles. The third-order valence-electron chi connectivity index (χ3n) is 4.66. The molecule has 2 aromatic rings. The van der Waals surface area contributed by atoms with Crippen LogP contribution in [0.25, 0.3) is 10.1 Å². The maximum absolute atomic E-state index is 13.4. The first-order chi connectivity index (χ1) is 12.3. The number of carboxylic acids is 1. The summed E-state index contributed by atoms with van der Waals surface area (Å²) >= 11 is 1.06. The average molecular weight is 397 g/mol. The van der Waals surface area contributed by atoms with Gasteiger partial charge in [0.2, 0.25) is 10.0 Å². The molecule has 9 heteroatoms. The van der Waals surface area contributed by atoms with E-state index >= 15 is 0 Å². The minimum Gasteiger partial charge on any atom is -0.481 e. The molecule has 7 nitrogen and oxygen atoms in total. The van der Waals surface area contributed by atoms with E-state index in [0.29, 0.717) is 22.9 Å². The molecule has 0 spiro atoms. The van der Waals surface area contributed by atoms with Crippen LogP contribution in [0.1, 0.15) is 29.4 Å². The van der Waals surface area contributed by atoms with Crippen LogP contribution < -0.4 is 0 Å². The summed E-state index contributed by atoms with van der Waals surface area (Å²) in [5, 5.41) is 9.74. The van der Waals surface area contributed by atoms with Gasteiger partial charge in [0, 0.05) is 22.7 Å². The number of ether oxygens (including phenoxy) is 1. The highest BCUT2D eigenvalue weighted by atomic mass is 32.2. The molecule has 1 aromatic carbocycles. The fourth-order valence-electron chi connectivity index (χ4n) is 3.23. The van der Waals surface area contributed by atoms with Gasteiger partial charge in [0.15, 0.2) is 0 Å². The van der Waals surface area contributed by atoms with Crippen molar-refractivity contribution in [2.75, 3.05) is 13.7 Å². The van der Waals surface area contributed by atoms with Crippen molar-refractivity contribution in [2.45, 2.75) is 30.7 Å². The second kappa shape index (κ2) is 6.98. The molecule has 0 bridgehead atoms. The van der Waals surface area contributed by atoms with Crippen LogP contribution in [0.4, 0.5) is 0 Å². The average Bonchev–Trinajstić information content (AvgIpc) is 3.01. The number of rotatable bonds is 4. The highest BCUT2D eigenvalue weighted by Crippen LogP contribution is 2.39. The van der Waals surface area contributed by atoms with Crippen molar-refractivity contribution in [3.05, 3.63) is 29.1 Å². The van der Waals surface area contributed by atoms with Gasteiger partial charge in [-0.2, -0.15) is 4.31 Å². The number of nitrogens with zero attached hydrogens (tertiary/aromatic N) is 1. The number of hydrogen-bond acceptors (Lipinski definition) is 6. The number of carboxylic acid groups (broad SMARTS) is 1. The summed E-state index contributed by atoms with van der Waals surface area (Å²) < 4.78 is 33.5. The molecule has 140 valence electrons. The number of sulfonamides is 1. The van der Waals surface area contributed by atoms with E-state index in [9.17, 15) is 23.1 Å². The fraction of sp³-hybridized carbons (Fsp3) is 0.412. The first-order valence-corrected chi connectivity index (χ1v) is 10.4. The Morgan fingerprint density at radius 2 is 1.96 bits per heavy atom. The molecular formula is C17H19NO6S2. The Morgan fingerprint density at radius 3 is 2.62 bits per heavy atom. The van der Waals surface area contributed by atoms with Crippen molar-refractivity contribution < 1.29 is 27.9 Å². The quantitative estimate of drug-likeness (QED) is 0.796. The molecular weight excluding hydrogens is 378 g/mol. The summed E-state index contributed by atoms with van der Waals surface area (Å²) in [5.74, 6) is -2.49. The maximum Gasteiger partial charge on any atom is 0.349 e. The first-order valence-electron chi connectivity index (χ1n) is 8.12. The molecule has 0 radical (unpaired) electrons. The van der Waals surface area contributed by atoms with Gasteiger partial charge in [-0.1, -0.05) is 18.2 Å². The Hall–Kier alpha value is -1.97. The van der Waals surface area contributed by atoms with Gasteiger partial charge in [-0.15, -0.1) is 11.3 Å². The van der Waals surface area contributed by atoms with Crippen LogP contribution in [0.5, 0.6) is 0 Å². The molecule has 1 aromatic heterocycles. The van der Waals surface area contributed by atoms with Crippen molar-refractivity contribution in [2.24, 2.45) is 5.92 Å². The minimum atomic E-state index is -4.07. The number of benzene rings is 1. The molecule has 2 unspecified atom stereocenters. The van der Waals surface area contributed by atoms with Gasteiger partial charge in [0.05, 0.1) is 13.0 Å². The SMILES string of the molecule is COC(=O)c1sc2ccccc2c1S(=O)(=O)N1CC(C(=O)O)CCC1C. The number of hydrogen-bond donors (Lipinski definition) is 1. The fourth-order valence-corrected chi connectivity index (χ4v) is 6.72. The highest BCUT2D eigenvalue weighted by Gasteiger charge is 2.40. The van der Waals surface area contributed by atoms with Gasteiger partial charge in [0.1, 0.15) is 9.77 Å². The van der Waals surface area contributed by atoms with Crippen molar-refractivity contribution in [1.29, 1.82) is 0 Å². The van der Waals surface area contributed by atoms with Gasteiger partial charge in [-0.05, 0) is 25.8 Å². The molecule has 2 atom stereocenters. The van der Waals surface area contributed by atoms with Crippen LogP contribution >= 0.6 is 11.3 Å². The van der Waals surface area contributed by atoms with E-state index in [0.717, 1.165) is 11.3 Å². The molecule has 2 heterocycles. The van der Waals surface area contributed by atoms with Gasteiger partial charge in [0.25, 0.3) is 0 Å². The Labute approximate surface area is 155 Å². The number of thiophene rings is 1. The Kier molecular flexibility index (Phi) is 5.05. The summed E-state index contributed by atoms with van der Waals surface area (Å²) in [6.45, 7) is 1.64. The summed E-state index contributed by atoms with van der Waals surface area (Å²) in [7, 11) is -2.87. The lowest BCUT2D eigenvalue weighted by atomic mass is 9.96. The number of esters is 1. The summed E-state index contributed by atoms with van der Waals surface area (Å²) in [6, 6.07) is 6.51. The second-order valence-corrected chi connectivity index (χ2v) is 9.16. The zero-order chi connectivity index (χ0) is 19.1. The first kappa shape index (κ1) is 18.8. The standard InChI is InChI=1S/C17H19NO6S2/c1-10-7-8-11(16(19)20)9-18(10)26(22,23)15-12-5-3-4-6-13(12)25-14(15)17(21)24-2/h3-6,10-11H,7-9H2,1-2H3,(H,19,20). The number of carbonyl (C=O) groups excluding carboxylic acids is 1. The zero-order valence-corrected chi connectivity index (χ0v) is 16.0. The largest absolute Gasteiger partial charge is 0.481 e. The lowest BCUT2D eigenvalue weighted by Gasteiger charge is -2.35. The van der Waals surface area contributed by atoms with Gasteiger partial charge in [-0.3, -0.25) is 4.79 Å². The van der Waals surface area contributed by atoms with E-state index in [2.05, 4.69) is 0 Å². The minimum absolute atomic E-state index is 0.0124. The smallest absolute Gasteiger partial charge is 0.349 e. The van der Waals surface area contributed by atoms with E-state index in [-0.39, 0.29) is 22.4 Å². The molecule has 0 saturated carbocycles. The third-order valence-corrected chi connectivity index (χ3v) is 8.01. The number of methoxy groups -OCH3 is 1. The highest BCUT2D eigenvalue weighted by molar-refractivity contribution is 7.89. The van der Waals surface area contributed by atoms with Crippen molar-refractivity contribution in [3.63, 3.8) is 0 Å². The second-order valence-electron chi connectivity index (χ2n) is 6.28. The Bertz CT molecular complexity index is 965. The van der Waals surface area contributed by atoms with Crippen LogP contribution in [-0.2, 0) is 19.6 Å². The van der Waals surface area contributed by atoms with Crippen LogP contribution in [0, 0.1) is 5.92 Å². The summed E-state index contributed by atoms with van der Waals surface area (Å²) in [4.78, 5) is 23.5. The zero-order valence-electron chi connectivity index (χ0n) is 14.3. The summed E-state index contributed by atoms with van der Waals surface area (Å²) in [6.07, 6.45) is 0.878. The maximum atomic E-state index is 13.4. The Morgan fingerprint density at radius 1 is 1.27 bits per heavy atom. The molecule has 0 amide bonds. The van der Waals surface area contributed by atoms with Crippen LogP contribution in [0.2, 0.25) is 0 Å². The number of piperidine rings is 1. The van der Waals surface area contributed by atoms with E-state index in [1.54, 1.807) is 31.2 Å². The van der Waals surface area contributed by atoms with Crippen molar-refractivity contribution in [1.82, 2.24) is 4.31 Å². The predicted molar refractivity (Wildman–Crippen MR) is 96.9 cm³/mol. The van der Waals surface area contributed by atoms with E-state index in [1.165, 1.54) is 11.4 Å². The molecule has 1 aliphatic rings. The number of fused-ring (bicyclic) bond motifs is 1. The third kappa shape index (κ3) is 3.10. The molecule has 1 aliphatic heterocycles. The van der Waals surface area contributed by atoms with Gasteiger partial charge >= 0.3 is 11.9 Å². The summed E-state index contributed by atoms with van der Waals surface area (Å²) in [5.41, 5.74) is 0. The van der Waals surface area contributed by atoms with E-state index in [4.69, 9.17) is 4.74 Å². The van der Waals surface area contributed by atoms with Gasteiger partial charge in [-0.25, -0.2) is 13.2 Å². The predicted octanol–water partition coefficient (Wildman–Crippen LogP) is 2.56. The van der Waals surface area contributed by atoms with Gasteiger partial charge < -0.3 is 9.84 Å². The van der Waals surface area contributed by atoms with Crippen molar-refractivity contribution >= 4 is 43.4 Å². The van der Waals surface area contributed by atoms with Crippen LogP contribution in [-0.4, -0.2) is 49.5 Å². The number of carbonyl (C=O) groups is 2. The molecule has 1 saturated heterocycles. The van der Waals surface area contributed by atoms with Crippen molar-refractivity contribution in [3.8, 4) is 0 Å². The van der Waals surface area contributed by atoms with E-state index < -0.39 is 27.9 Å². The van der Waals surface area contributed by atoms with Crippen LogP contribution in [0.15, 0.2) is 29.2 Å². The lowest BCUT2D eigenvalue weighted by molar-refractivity contribution is -0.143. The molecule has 1 N–H and O–H groups in total. The molecule has 3 rings (SSSR count). The van der Waals surface area contributed by atoms with E-state index in [1.807, 2.05) is 0 Å². The topological polar surface area (TPSA) is 101 Å². The Balaban J connectivity index is 2.17. The number of aliphatic carboxylic acids is 1. The normalized spacial score (nSPS) is 21.6. The van der Waals surface area contributed by atoms with Crippen LogP contribution in [0.3, 0.4) is 0 Å².